The molecule has 1 unspecified atom stereocenters. The average Bonchev–Trinajstić information content (AvgIpc) is 2.86. The molecule has 2 N–H and O–H groups in total. The maximum Gasteiger partial charge on any atom is 0.222 e. The number of nitrogens with two attached hydrogens (primary N) is 1. The van der Waals surface area contributed by atoms with Gasteiger partial charge >= 0.3 is 0 Å². The third kappa shape index (κ3) is 9.56. The SMILES string of the molecule is CCN(C)CC1CCN(C(=O)CCCCCCN)C1.Cl.Cl. The third-order valence-electron chi connectivity index (χ3n) is 4.09. The van der Waals surface area contributed by atoms with Crippen LogP contribution in [0.2, 0.25) is 0 Å². The van der Waals surface area contributed by atoms with Gasteiger partial charge in [-0.1, -0.05) is 19.8 Å². The molecular weight excluding hydrogens is 309 g/mol. The molecule has 1 rings (SSSR count). The fourth-order valence-corrected chi connectivity index (χ4v) is 2.71. The fourth-order valence-electron chi connectivity index (χ4n) is 2.71. The Kier molecular flexibility index (Phi) is 15.1. The zero-order chi connectivity index (χ0) is 14.1. The number of nitrogens with zero attached hydrogens (tertiary/aromatic N) is 2. The topological polar surface area (TPSA) is 49.6 Å². The summed E-state index contributed by atoms with van der Waals surface area (Å²) in [6, 6.07) is 0. The monoisotopic (exact) mass is 341 g/mol. The van der Waals surface area contributed by atoms with Crippen molar-refractivity contribution in [3.63, 3.8) is 0 Å². The summed E-state index contributed by atoms with van der Waals surface area (Å²) in [4.78, 5) is 16.5. The molecule has 1 aliphatic heterocycles. The van der Waals surface area contributed by atoms with Crippen molar-refractivity contribution in [3.05, 3.63) is 0 Å². The van der Waals surface area contributed by atoms with E-state index < -0.39 is 0 Å². The normalized spacial score (nSPS) is 17.5. The number of hydrogen-bond acceptors (Lipinski definition) is 3. The van der Waals surface area contributed by atoms with E-state index in [9.17, 15) is 4.79 Å². The number of amides is 1. The maximum absolute atomic E-state index is 12.1. The van der Waals surface area contributed by atoms with Crippen molar-refractivity contribution >= 4 is 30.7 Å². The Morgan fingerprint density at radius 1 is 1.24 bits per heavy atom. The van der Waals surface area contributed by atoms with Crippen LogP contribution < -0.4 is 5.73 Å². The van der Waals surface area contributed by atoms with E-state index in [1.54, 1.807) is 0 Å². The molecule has 0 bridgehead atoms. The zero-order valence-electron chi connectivity index (χ0n) is 13.6. The van der Waals surface area contributed by atoms with E-state index in [4.69, 9.17) is 5.73 Å². The lowest BCUT2D eigenvalue weighted by Crippen LogP contribution is -2.31. The zero-order valence-corrected chi connectivity index (χ0v) is 15.2. The lowest BCUT2D eigenvalue weighted by Gasteiger charge is -2.20. The molecule has 1 saturated heterocycles. The van der Waals surface area contributed by atoms with Crippen LogP contribution in [-0.2, 0) is 4.79 Å². The van der Waals surface area contributed by atoms with Crippen molar-refractivity contribution in [2.24, 2.45) is 11.7 Å². The first-order valence-electron chi connectivity index (χ1n) is 7.83. The summed E-state index contributed by atoms with van der Waals surface area (Å²) in [7, 11) is 2.15. The average molecular weight is 342 g/mol. The van der Waals surface area contributed by atoms with Crippen molar-refractivity contribution < 1.29 is 4.79 Å². The van der Waals surface area contributed by atoms with Crippen molar-refractivity contribution in [1.82, 2.24) is 9.80 Å². The largest absolute Gasteiger partial charge is 0.342 e. The van der Waals surface area contributed by atoms with Gasteiger partial charge in [0.15, 0.2) is 0 Å². The summed E-state index contributed by atoms with van der Waals surface area (Å²) >= 11 is 0. The molecule has 0 aliphatic carbocycles. The molecule has 128 valence electrons. The van der Waals surface area contributed by atoms with Crippen LogP contribution in [0.25, 0.3) is 0 Å². The third-order valence-corrected chi connectivity index (χ3v) is 4.09. The van der Waals surface area contributed by atoms with Gasteiger partial charge in [0, 0.05) is 26.1 Å². The van der Waals surface area contributed by atoms with Gasteiger partial charge in [-0.3, -0.25) is 4.79 Å². The number of hydrogen-bond donors (Lipinski definition) is 1. The molecule has 0 aromatic carbocycles. The number of unbranched alkanes of at least 4 members (excludes halogenated alkanes) is 3. The van der Waals surface area contributed by atoms with Crippen LogP contribution in [0.5, 0.6) is 0 Å². The minimum Gasteiger partial charge on any atom is -0.342 e. The van der Waals surface area contributed by atoms with Crippen molar-refractivity contribution in [2.75, 3.05) is 39.8 Å². The first-order valence-corrected chi connectivity index (χ1v) is 7.83. The van der Waals surface area contributed by atoms with Gasteiger partial charge < -0.3 is 15.5 Å². The molecular formula is C15H33Cl2N3O. The van der Waals surface area contributed by atoms with Crippen LogP contribution in [0, 0.1) is 5.92 Å². The standard InChI is InChI=1S/C15H31N3O.2ClH/c1-3-17(2)12-14-9-11-18(13-14)15(19)8-6-4-5-7-10-16;;/h14H,3-13,16H2,1-2H3;2*1H. The highest BCUT2D eigenvalue weighted by Crippen LogP contribution is 2.18. The van der Waals surface area contributed by atoms with Crippen LogP contribution in [0.4, 0.5) is 0 Å². The van der Waals surface area contributed by atoms with Gasteiger partial charge in [-0.25, -0.2) is 0 Å². The first kappa shape index (κ1) is 23.2. The predicted octanol–water partition coefficient (Wildman–Crippen LogP) is 2.54. The predicted molar refractivity (Wildman–Crippen MR) is 94.5 cm³/mol. The smallest absolute Gasteiger partial charge is 0.222 e. The second-order valence-electron chi connectivity index (χ2n) is 5.80. The van der Waals surface area contributed by atoms with Crippen molar-refractivity contribution in [2.45, 2.75) is 45.4 Å². The highest BCUT2D eigenvalue weighted by molar-refractivity contribution is 5.85. The Hall–Kier alpha value is -0.0300. The van der Waals surface area contributed by atoms with E-state index in [2.05, 4.69) is 23.8 Å². The van der Waals surface area contributed by atoms with E-state index in [1.807, 2.05) is 0 Å². The Bertz CT molecular complexity index is 267. The molecule has 1 atom stereocenters. The summed E-state index contributed by atoms with van der Waals surface area (Å²) in [6.45, 7) is 7.09. The molecule has 21 heavy (non-hydrogen) atoms. The van der Waals surface area contributed by atoms with Gasteiger partial charge in [-0.05, 0) is 45.3 Å². The minimum atomic E-state index is 0. The summed E-state index contributed by atoms with van der Waals surface area (Å²) in [5.74, 6) is 1.03. The van der Waals surface area contributed by atoms with E-state index in [0.717, 1.165) is 64.8 Å². The fraction of sp³-hybridized carbons (Fsp3) is 0.933. The van der Waals surface area contributed by atoms with Crippen molar-refractivity contribution in [1.29, 1.82) is 0 Å². The van der Waals surface area contributed by atoms with Crippen LogP contribution >= 0.6 is 24.8 Å². The lowest BCUT2D eigenvalue weighted by molar-refractivity contribution is -0.130. The lowest BCUT2D eigenvalue weighted by atomic mass is 10.1. The van der Waals surface area contributed by atoms with Gasteiger partial charge in [-0.15, -0.1) is 24.8 Å². The highest BCUT2D eigenvalue weighted by atomic mass is 35.5. The van der Waals surface area contributed by atoms with Crippen molar-refractivity contribution in [3.8, 4) is 0 Å². The first-order chi connectivity index (χ1) is 9.17. The number of carbonyl (C=O) groups excluding carboxylic acids is 1. The Balaban J connectivity index is 0. The van der Waals surface area contributed by atoms with Gasteiger partial charge in [-0.2, -0.15) is 0 Å². The maximum atomic E-state index is 12.1. The van der Waals surface area contributed by atoms with E-state index in [1.165, 1.54) is 6.42 Å². The van der Waals surface area contributed by atoms with Gasteiger partial charge in [0.05, 0.1) is 0 Å². The van der Waals surface area contributed by atoms with Crippen LogP contribution in [0.1, 0.15) is 45.4 Å². The number of likely N-dealkylation sites (tertiary alicyclic amines) is 1. The van der Waals surface area contributed by atoms with Crippen LogP contribution in [-0.4, -0.2) is 55.5 Å². The van der Waals surface area contributed by atoms with Crippen LogP contribution in [0.3, 0.4) is 0 Å². The van der Waals surface area contributed by atoms with E-state index in [0.29, 0.717) is 11.8 Å². The second kappa shape index (κ2) is 13.6. The summed E-state index contributed by atoms with van der Waals surface area (Å²) in [5.41, 5.74) is 5.46. The van der Waals surface area contributed by atoms with Gasteiger partial charge in [0.2, 0.25) is 5.91 Å². The molecule has 4 nitrogen and oxygen atoms in total. The molecule has 1 fully saturated rings. The quantitative estimate of drug-likeness (QED) is 0.655. The molecule has 0 spiro atoms. The molecule has 0 saturated carbocycles. The summed E-state index contributed by atoms with van der Waals surface area (Å²) in [6.07, 6.45) is 6.30. The summed E-state index contributed by atoms with van der Waals surface area (Å²) in [5, 5.41) is 0. The van der Waals surface area contributed by atoms with Gasteiger partial charge in [0.25, 0.3) is 0 Å². The Labute approximate surface area is 142 Å². The second-order valence-corrected chi connectivity index (χ2v) is 5.80. The van der Waals surface area contributed by atoms with Gasteiger partial charge in [0.1, 0.15) is 0 Å². The number of rotatable bonds is 9. The highest BCUT2D eigenvalue weighted by Gasteiger charge is 2.26. The molecule has 1 amide bonds. The molecule has 0 radical (unpaired) electrons. The molecule has 1 aliphatic rings. The molecule has 0 aromatic rings. The minimum absolute atomic E-state index is 0. The van der Waals surface area contributed by atoms with E-state index >= 15 is 0 Å². The molecule has 6 heteroatoms. The van der Waals surface area contributed by atoms with Crippen LogP contribution in [0.15, 0.2) is 0 Å². The summed E-state index contributed by atoms with van der Waals surface area (Å²) < 4.78 is 0. The Morgan fingerprint density at radius 3 is 2.52 bits per heavy atom. The molecule has 0 aromatic heterocycles. The number of carbonyl (C=O) groups is 1. The Morgan fingerprint density at radius 2 is 1.90 bits per heavy atom. The number of halogens is 2. The molecule has 1 heterocycles. The van der Waals surface area contributed by atoms with E-state index in [-0.39, 0.29) is 24.8 Å².